The molecule has 4 aromatic rings. The number of alkyl halides is 1. The Labute approximate surface area is 296 Å². The lowest BCUT2D eigenvalue weighted by atomic mass is 9.93. The number of nitrogens with one attached hydrogen (secondary N) is 2. The number of hydrogen-bond donors (Lipinski definition) is 3. The molecule has 1 aliphatic rings. The number of aliphatic carboxylic acids is 1. The zero-order chi connectivity index (χ0) is 34.8. The van der Waals surface area contributed by atoms with Crippen molar-refractivity contribution < 1.29 is 28.9 Å². The van der Waals surface area contributed by atoms with Gasteiger partial charge >= 0.3 is 5.97 Å². The molecule has 258 valence electrons. The second kappa shape index (κ2) is 17.4. The molecule has 0 saturated carbocycles. The van der Waals surface area contributed by atoms with Crippen LogP contribution >= 0.6 is 23.2 Å². The SMILES string of the molecule is Cc1c(COc2cc3c(cc2Cl)CN[C@H](C(=O)O)CCCCNC(=O)c2cncc(c2)CO3)cccc1-c1cccc(OCCCCl)c1C. The van der Waals surface area contributed by atoms with E-state index < -0.39 is 12.0 Å². The maximum atomic E-state index is 12.7. The van der Waals surface area contributed by atoms with Gasteiger partial charge in [-0.15, -0.1) is 11.6 Å². The van der Waals surface area contributed by atoms with Crippen molar-refractivity contribution >= 4 is 35.1 Å². The zero-order valence-electron chi connectivity index (χ0n) is 27.7. The molecule has 2 bridgehead atoms. The topological polar surface area (TPSA) is 119 Å². The molecular weight excluding hydrogens is 665 g/mol. The molecule has 0 saturated heterocycles. The van der Waals surface area contributed by atoms with Crippen LogP contribution in [0.3, 0.4) is 0 Å². The quantitative estimate of drug-likeness (QED) is 0.120. The van der Waals surface area contributed by atoms with Gasteiger partial charge in [0.25, 0.3) is 5.91 Å². The second-order valence-corrected chi connectivity index (χ2v) is 12.8. The van der Waals surface area contributed by atoms with Crippen LogP contribution in [0.2, 0.25) is 5.02 Å². The fourth-order valence-electron chi connectivity index (χ4n) is 5.72. The van der Waals surface area contributed by atoms with Crippen molar-refractivity contribution in [1.29, 1.82) is 0 Å². The molecule has 5 rings (SSSR count). The molecular formula is C38H41Cl2N3O6. The average molecular weight is 707 g/mol. The third-order valence-corrected chi connectivity index (χ3v) is 9.11. The Morgan fingerprint density at radius 1 is 1.02 bits per heavy atom. The highest BCUT2D eigenvalue weighted by atomic mass is 35.5. The first-order valence-electron chi connectivity index (χ1n) is 16.4. The van der Waals surface area contributed by atoms with E-state index in [0.717, 1.165) is 40.0 Å². The zero-order valence-corrected chi connectivity index (χ0v) is 29.2. The number of rotatable bonds is 9. The van der Waals surface area contributed by atoms with E-state index in [9.17, 15) is 14.7 Å². The Hall–Kier alpha value is -4.31. The maximum Gasteiger partial charge on any atom is 0.320 e. The van der Waals surface area contributed by atoms with E-state index in [1.165, 1.54) is 6.20 Å². The Morgan fingerprint density at radius 3 is 2.61 bits per heavy atom. The number of fused-ring (bicyclic) bond motifs is 3. The van der Waals surface area contributed by atoms with Crippen LogP contribution in [0, 0.1) is 13.8 Å². The van der Waals surface area contributed by atoms with Gasteiger partial charge in [-0.05, 0) is 85.5 Å². The summed E-state index contributed by atoms with van der Waals surface area (Å²) in [5.74, 6) is 1.10. The Kier molecular flexibility index (Phi) is 12.8. The normalized spacial score (nSPS) is 15.4. The highest BCUT2D eigenvalue weighted by Gasteiger charge is 2.20. The van der Waals surface area contributed by atoms with Crippen LogP contribution in [0.4, 0.5) is 0 Å². The Balaban J connectivity index is 1.40. The largest absolute Gasteiger partial charge is 0.493 e. The molecule has 0 radical (unpaired) electrons. The minimum Gasteiger partial charge on any atom is -0.493 e. The monoisotopic (exact) mass is 705 g/mol. The Morgan fingerprint density at radius 2 is 1.82 bits per heavy atom. The number of benzene rings is 3. The van der Waals surface area contributed by atoms with Crippen molar-refractivity contribution in [3.8, 4) is 28.4 Å². The highest BCUT2D eigenvalue weighted by molar-refractivity contribution is 6.32. The molecule has 1 amide bonds. The minimum absolute atomic E-state index is 0.125. The number of carboxylic acid groups (broad SMARTS) is 1. The van der Waals surface area contributed by atoms with Crippen LogP contribution in [0.1, 0.15) is 63.9 Å². The van der Waals surface area contributed by atoms with Gasteiger partial charge in [-0.2, -0.15) is 0 Å². The molecule has 9 nitrogen and oxygen atoms in total. The molecule has 3 aromatic carbocycles. The summed E-state index contributed by atoms with van der Waals surface area (Å²) in [7, 11) is 0. The van der Waals surface area contributed by atoms with Crippen molar-refractivity contribution in [1.82, 2.24) is 15.6 Å². The van der Waals surface area contributed by atoms with Gasteiger partial charge in [0.1, 0.15) is 36.5 Å². The molecule has 11 heteroatoms. The Bertz CT molecular complexity index is 1780. The molecule has 0 spiro atoms. The van der Waals surface area contributed by atoms with E-state index in [2.05, 4.69) is 41.6 Å². The predicted molar refractivity (Wildman–Crippen MR) is 191 cm³/mol. The van der Waals surface area contributed by atoms with E-state index in [-0.39, 0.29) is 25.7 Å². The fraction of sp³-hybridized carbons (Fsp3) is 0.342. The van der Waals surface area contributed by atoms with E-state index >= 15 is 0 Å². The molecule has 0 aliphatic carbocycles. The fourth-order valence-corrected chi connectivity index (χ4v) is 6.07. The molecule has 0 fully saturated rings. The first-order valence-corrected chi connectivity index (χ1v) is 17.3. The summed E-state index contributed by atoms with van der Waals surface area (Å²) in [4.78, 5) is 28.9. The molecule has 1 aliphatic heterocycles. The van der Waals surface area contributed by atoms with E-state index in [0.29, 0.717) is 71.5 Å². The summed E-state index contributed by atoms with van der Waals surface area (Å²) in [5, 5.41) is 16.2. The van der Waals surface area contributed by atoms with Crippen molar-refractivity contribution in [2.45, 2.75) is 65.3 Å². The van der Waals surface area contributed by atoms with Gasteiger partial charge in [-0.1, -0.05) is 41.9 Å². The lowest BCUT2D eigenvalue weighted by molar-refractivity contribution is -0.139. The standard InChI is InChI=1S/C38H41Cl2N3O6/c1-24-27(8-5-9-30(24)31-10-6-12-34(25(31)2)47-15-7-13-39)23-49-36-18-35-28(17-32(36)40)21-43-33(38(45)46)11-3-4-14-42-37(44)29-16-26(22-48-35)19-41-20-29/h5-6,8-10,12,16-20,33,43H,3-4,7,11,13-15,21-23H2,1-2H3,(H,42,44)(H,45,46)/t33-/m0/s1. The number of halogens is 2. The summed E-state index contributed by atoms with van der Waals surface area (Å²) in [5.41, 5.74) is 7.08. The number of pyridine rings is 1. The predicted octanol–water partition coefficient (Wildman–Crippen LogP) is 7.64. The number of amides is 1. The van der Waals surface area contributed by atoms with Gasteiger partial charge in [-0.3, -0.25) is 14.6 Å². The van der Waals surface area contributed by atoms with Crippen molar-refractivity contribution in [2.24, 2.45) is 0 Å². The summed E-state index contributed by atoms with van der Waals surface area (Å²) in [6, 6.07) is 16.6. The van der Waals surface area contributed by atoms with Crippen molar-refractivity contribution in [3.05, 3.63) is 105 Å². The summed E-state index contributed by atoms with van der Waals surface area (Å²) >= 11 is 12.6. The maximum absolute atomic E-state index is 12.7. The summed E-state index contributed by atoms with van der Waals surface area (Å²) < 4.78 is 18.5. The molecule has 3 N–H and O–H groups in total. The van der Waals surface area contributed by atoms with Crippen molar-refractivity contribution in [3.63, 3.8) is 0 Å². The molecule has 1 aromatic heterocycles. The number of aromatic nitrogens is 1. The highest BCUT2D eigenvalue weighted by Crippen LogP contribution is 2.36. The minimum atomic E-state index is -0.946. The van der Waals surface area contributed by atoms with Crippen LogP contribution in [0.25, 0.3) is 11.1 Å². The first-order chi connectivity index (χ1) is 23.7. The van der Waals surface area contributed by atoms with Gasteiger partial charge in [0.2, 0.25) is 0 Å². The number of nitrogens with zero attached hydrogens (tertiary/aromatic N) is 1. The molecule has 2 heterocycles. The van der Waals surface area contributed by atoms with E-state index in [4.69, 9.17) is 37.4 Å². The van der Waals surface area contributed by atoms with Crippen LogP contribution in [-0.4, -0.2) is 47.0 Å². The summed E-state index contributed by atoms with van der Waals surface area (Å²) in [6.07, 6.45) is 5.59. The van der Waals surface area contributed by atoms with Gasteiger partial charge in [0, 0.05) is 48.6 Å². The molecule has 1 atom stereocenters. The van der Waals surface area contributed by atoms with Crippen LogP contribution < -0.4 is 24.8 Å². The number of ether oxygens (including phenoxy) is 3. The van der Waals surface area contributed by atoms with E-state index in [1.807, 2.05) is 24.3 Å². The van der Waals surface area contributed by atoms with Crippen LogP contribution in [0.5, 0.6) is 17.2 Å². The van der Waals surface area contributed by atoms with Crippen LogP contribution in [-0.2, 0) is 24.6 Å². The number of carboxylic acids is 1. The number of carbonyl (C=O) groups excluding carboxylic acids is 1. The summed E-state index contributed by atoms with van der Waals surface area (Å²) in [6.45, 7) is 5.72. The third kappa shape index (κ3) is 9.44. The van der Waals surface area contributed by atoms with Gasteiger partial charge < -0.3 is 30.0 Å². The molecule has 0 unspecified atom stereocenters. The lowest BCUT2D eigenvalue weighted by Crippen LogP contribution is -2.36. The van der Waals surface area contributed by atoms with Gasteiger partial charge in [0.05, 0.1) is 17.2 Å². The van der Waals surface area contributed by atoms with E-state index in [1.54, 1.807) is 24.4 Å². The van der Waals surface area contributed by atoms with Crippen LogP contribution in [0.15, 0.2) is 67.0 Å². The second-order valence-electron chi connectivity index (χ2n) is 12.0. The van der Waals surface area contributed by atoms with Crippen molar-refractivity contribution in [2.75, 3.05) is 19.0 Å². The third-order valence-electron chi connectivity index (χ3n) is 8.55. The molecule has 49 heavy (non-hydrogen) atoms. The average Bonchev–Trinajstić information content (AvgIpc) is 3.09. The van der Waals surface area contributed by atoms with Gasteiger partial charge in [-0.25, -0.2) is 0 Å². The lowest BCUT2D eigenvalue weighted by Gasteiger charge is -2.20. The number of carbonyl (C=O) groups is 2. The number of hydrogen-bond acceptors (Lipinski definition) is 7. The van der Waals surface area contributed by atoms with Gasteiger partial charge in [0.15, 0.2) is 0 Å². The smallest absolute Gasteiger partial charge is 0.320 e. The first kappa shape index (κ1) is 36.0.